The Morgan fingerprint density at radius 3 is 2.21 bits per heavy atom. The van der Waals surface area contributed by atoms with E-state index in [1.54, 1.807) is 0 Å². The zero-order valence-corrected chi connectivity index (χ0v) is 13.4. The summed E-state index contributed by atoms with van der Waals surface area (Å²) < 4.78 is 5.64. The van der Waals surface area contributed by atoms with Gasteiger partial charge in [0.1, 0.15) is 5.60 Å². The van der Waals surface area contributed by atoms with E-state index in [9.17, 15) is 4.79 Å². The van der Waals surface area contributed by atoms with Crippen LogP contribution in [0.2, 0.25) is 0 Å². The second-order valence-corrected chi connectivity index (χ2v) is 8.00. The highest BCUT2D eigenvalue weighted by Crippen LogP contribution is 2.55. The minimum atomic E-state index is -0.383. The molecule has 0 radical (unpaired) electrons. The number of hydrogen-bond donors (Lipinski definition) is 0. The van der Waals surface area contributed by atoms with Gasteiger partial charge >= 0.3 is 5.97 Å². The second-order valence-electron chi connectivity index (χ2n) is 8.00. The third-order valence-corrected chi connectivity index (χ3v) is 4.58. The fourth-order valence-corrected chi connectivity index (χ4v) is 3.51. The smallest absolute Gasteiger partial charge is 0.312 e. The van der Waals surface area contributed by atoms with Crippen molar-refractivity contribution in [2.24, 2.45) is 5.41 Å². The highest BCUT2D eigenvalue weighted by atomic mass is 16.6. The molecule has 2 aliphatic rings. The predicted molar refractivity (Wildman–Crippen MR) is 77.0 cm³/mol. The number of piperidine rings is 1. The third kappa shape index (κ3) is 2.96. The molecule has 1 spiro atoms. The Bertz CT molecular complexity index is 365. The van der Waals surface area contributed by atoms with Crippen LogP contribution in [-0.2, 0) is 9.53 Å². The van der Waals surface area contributed by atoms with Crippen LogP contribution in [0.3, 0.4) is 0 Å². The monoisotopic (exact) mass is 267 g/mol. The van der Waals surface area contributed by atoms with Crippen LogP contribution in [0.5, 0.6) is 0 Å². The minimum Gasteiger partial charge on any atom is -0.460 e. The predicted octanol–water partition coefficient (Wildman–Crippen LogP) is 3.37. The first kappa shape index (κ1) is 14.8. The molecule has 3 nitrogen and oxygen atoms in total. The first-order chi connectivity index (χ1) is 8.58. The largest absolute Gasteiger partial charge is 0.460 e. The van der Waals surface area contributed by atoms with Gasteiger partial charge in [0.15, 0.2) is 0 Å². The lowest BCUT2D eigenvalue weighted by atomic mass is 9.75. The van der Waals surface area contributed by atoms with E-state index in [2.05, 4.69) is 25.7 Å². The molecule has 2 fully saturated rings. The summed E-state index contributed by atoms with van der Waals surface area (Å²) in [7, 11) is 0. The highest BCUT2D eigenvalue weighted by Gasteiger charge is 2.57. The number of rotatable bonds is 2. The van der Waals surface area contributed by atoms with E-state index in [4.69, 9.17) is 4.74 Å². The van der Waals surface area contributed by atoms with Gasteiger partial charge < -0.3 is 4.74 Å². The summed E-state index contributed by atoms with van der Waals surface area (Å²) in [6.07, 6.45) is 4.36. The molecular formula is C16H29NO2. The number of esters is 1. The topological polar surface area (TPSA) is 29.5 Å². The summed E-state index contributed by atoms with van der Waals surface area (Å²) in [6.45, 7) is 13.5. The molecule has 1 saturated heterocycles. The van der Waals surface area contributed by atoms with E-state index in [-0.39, 0.29) is 22.5 Å². The van der Waals surface area contributed by atoms with Crippen molar-refractivity contribution in [3.8, 4) is 0 Å². The van der Waals surface area contributed by atoms with Crippen LogP contribution < -0.4 is 0 Å². The Morgan fingerprint density at radius 1 is 1.21 bits per heavy atom. The summed E-state index contributed by atoms with van der Waals surface area (Å²) in [5, 5.41) is 0. The molecule has 0 N–H and O–H groups in total. The van der Waals surface area contributed by atoms with Crippen molar-refractivity contribution in [3.63, 3.8) is 0 Å². The van der Waals surface area contributed by atoms with E-state index in [1.807, 2.05) is 20.8 Å². The van der Waals surface area contributed by atoms with Gasteiger partial charge in [-0.2, -0.15) is 0 Å². The zero-order valence-electron chi connectivity index (χ0n) is 13.4. The summed E-state index contributed by atoms with van der Waals surface area (Å²) in [6, 6.07) is 0.575. The number of nitrogens with zero attached hydrogens (tertiary/aromatic N) is 1. The first-order valence-electron chi connectivity index (χ1n) is 7.58. The summed E-state index contributed by atoms with van der Waals surface area (Å²) in [5.74, 6) is -0.00492. The van der Waals surface area contributed by atoms with Crippen molar-refractivity contribution in [2.45, 2.75) is 84.4 Å². The third-order valence-electron chi connectivity index (χ3n) is 4.58. The van der Waals surface area contributed by atoms with Crippen molar-refractivity contribution < 1.29 is 9.53 Å². The molecule has 1 unspecified atom stereocenters. The Morgan fingerprint density at radius 2 is 1.79 bits per heavy atom. The van der Waals surface area contributed by atoms with Gasteiger partial charge in [0.25, 0.3) is 0 Å². The molecule has 110 valence electrons. The molecule has 1 atom stereocenters. The number of likely N-dealkylation sites (tertiary alicyclic amines) is 1. The first-order valence-corrected chi connectivity index (χ1v) is 7.58. The lowest BCUT2D eigenvalue weighted by Gasteiger charge is -2.47. The van der Waals surface area contributed by atoms with Gasteiger partial charge in [0.05, 0.1) is 5.41 Å². The van der Waals surface area contributed by atoms with E-state index < -0.39 is 0 Å². The molecule has 3 heteroatoms. The van der Waals surface area contributed by atoms with Crippen LogP contribution in [-0.4, -0.2) is 34.6 Å². The summed E-state index contributed by atoms with van der Waals surface area (Å²) in [5.41, 5.74) is -0.390. The number of carbonyl (C=O) groups excluding carboxylic acids is 1. The number of ether oxygens (including phenoxy) is 1. The molecule has 1 aliphatic carbocycles. The Hall–Kier alpha value is -0.570. The summed E-state index contributed by atoms with van der Waals surface area (Å²) in [4.78, 5) is 15.1. The molecule has 0 aromatic rings. The maximum atomic E-state index is 12.5. The van der Waals surface area contributed by atoms with Crippen LogP contribution in [0, 0.1) is 5.41 Å². The van der Waals surface area contributed by atoms with Crippen LogP contribution in [0.25, 0.3) is 0 Å². The molecule has 19 heavy (non-hydrogen) atoms. The molecule has 0 bridgehead atoms. The fourth-order valence-electron chi connectivity index (χ4n) is 3.51. The molecule has 2 rings (SSSR count). The van der Waals surface area contributed by atoms with E-state index >= 15 is 0 Å². The van der Waals surface area contributed by atoms with E-state index in [0.717, 1.165) is 19.4 Å². The van der Waals surface area contributed by atoms with Crippen LogP contribution in [0.15, 0.2) is 0 Å². The summed E-state index contributed by atoms with van der Waals surface area (Å²) >= 11 is 0. The molecular weight excluding hydrogens is 238 g/mol. The molecule has 0 amide bonds. The maximum Gasteiger partial charge on any atom is 0.312 e. The quantitative estimate of drug-likeness (QED) is 0.718. The standard InChI is InChI=1S/C16H29NO2/c1-12(2)17-10-9-15(6,11-16(17)7-8-16)13(18)19-14(3,4)5/h12H,7-11H2,1-6H3. The number of hydrogen-bond acceptors (Lipinski definition) is 3. The lowest BCUT2D eigenvalue weighted by Crippen LogP contribution is -2.54. The van der Waals surface area contributed by atoms with Crippen molar-refractivity contribution in [1.82, 2.24) is 4.90 Å². The van der Waals surface area contributed by atoms with Crippen molar-refractivity contribution >= 4 is 5.97 Å². The van der Waals surface area contributed by atoms with Gasteiger partial charge in [-0.1, -0.05) is 0 Å². The molecule has 0 aromatic carbocycles. The Labute approximate surface area is 117 Å². The van der Waals surface area contributed by atoms with E-state index in [1.165, 1.54) is 12.8 Å². The molecule has 1 saturated carbocycles. The second kappa shape index (κ2) is 4.47. The van der Waals surface area contributed by atoms with Gasteiger partial charge in [-0.3, -0.25) is 9.69 Å². The zero-order chi connectivity index (χ0) is 14.5. The number of carbonyl (C=O) groups is 1. The molecule has 1 aliphatic heterocycles. The Kier molecular flexibility index (Phi) is 3.49. The van der Waals surface area contributed by atoms with Crippen molar-refractivity contribution in [1.29, 1.82) is 0 Å². The van der Waals surface area contributed by atoms with Gasteiger partial charge in [-0.05, 0) is 67.2 Å². The molecule has 1 heterocycles. The fraction of sp³-hybridized carbons (Fsp3) is 0.938. The van der Waals surface area contributed by atoms with Crippen molar-refractivity contribution in [3.05, 3.63) is 0 Å². The molecule has 0 aromatic heterocycles. The van der Waals surface area contributed by atoms with E-state index in [0.29, 0.717) is 6.04 Å². The van der Waals surface area contributed by atoms with Crippen molar-refractivity contribution in [2.75, 3.05) is 6.54 Å². The maximum absolute atomic E-state index is 12.5. The highest BCUT2D eigenvalue weighted by molar-refractivity contribution is 5.77. The SMILES string of the molecule is CC(C)N1CCC(C)(C(=O)OC(C)(C)C)CC12CC2. The normalized spacial score (nSPS) is 30.7. The average Bonchev–Trinajstić information content (AvgIpc) is 2.94. The van der Waals surface area contributed by atoms with Gasteiger partial charge in [-0.15, -0.1) is 0 Å². The van der Waals surface area contributed by atoms with Crippen LogP contribution >= 0.6 is 0 Å². The Balaban J connectivity index is 2.09. The van der Waals surface area contributed by atoms with Crippen LogP contribution in [0.4, 0.5) is 0 Å². The minimum absolute atomic E-state index is 0.00492. The average molecular weight is 267 g/mol. The van der Waals surface area contributed by atoms with Gasteiger partial charge in [0, 0.05) is 18.1 Å². The van der Waals surface area contributed by atoms with Crippen LogP contribution in [0.1, 0.15) is 67.2 Å². The van der Waals surface area contributed by atoms with Gasteiger partial charge in [-0.25, -0.2) is 0 Å². The lowest BCUT2D eigenvalue weighted by molar-refractivity contribution is -0.172. The van der Waals surface area contributed by atoms with Gasteiger partial charge in [0.2, 0.25) is 0 Å².